The summed E-state index contributed by atoms with van der Waals surface area (Å²) < 4.78 is 18.2. The minimum Gasteiger partial charge on any atom is -0.497 e. The molecule has 39 heavy (non-hydrogen) atoms. The number of pyridine rings is 1. The second-order valence-corrected chi connectivity index (χ2v) is 11.0. The topological polar surface area (TPSA) is 146 Å². The Balaban J connectivity index is 1.46. The van der Waals surface area contributed by atoms with Gasteiger partial charge in [0.1, 0.15) is 17.3 Å². The van der Waals surface area contributed by atoms with Crippen LogP contribution < -0.4 is 20.5 Å². The van der Waals surface area contributed by atoms with Gasteiger partial charge in [0.2, 0.25) is 5.95 Å². The number of methoxy groups -OCH3 is 1. The van der Waals surface area contributed by atoms with E-state index in [2.05, 4.69) is 20.7 Å². The van der Waals surface area contributed by atoms with E-state index >= 15 is 0 Å². The van der Waals surface area contributed by atoms with Crippen LogP contribution >= 0.6 is 7.75 Å². The van der Waals surface area contributed by atoms with Gasteiger partial charge in [-0.05, 0) is 68.1 Å². The molecule has 0 saturated heterocycles. The number of nitrogens with zero attached hydrogens (tertiary/aromatic N) is 4. The van der Waals surface area contributed by atoms with Crippen LogP contribution in [0.4, 0.5) is 11.8 Å². The van der Waals surface area contributed by atoms with Crippen LogP contribution in [0.5, 0.6) is 5.75 Å². The molecule has 1 aromatic carbocycles. The molecule has 4 aromatic rings. The quantitative estimate of drug-likeness (QED) is 0.124. The molecule has 0 amide bonds. The largest absolute Gasteiger partial charge is 0.497 e. The summed E-state index contributed by atoms with van der Waals surface area (Å²) in [7, 11) is -2.55. The highest BCUT2D eigenvalue weighted by atomic mass is 31.2. The number of aromatic nitrogens is 4. The number of anilines is 2. The van der Waals surface area contributed by atoms with Gasteiger partial charge in [-0.2, -0.15) is 5.10 Å². The van der Waals surface area contributed by atoms with Crippen LogP contribution in [0.3, 0.4) is 0 Å². The molecule has 5 N–H and O–H groups in total. The van der Waals surface area contributed by atoms with E-state index in [-0.39, 0.29) is 6.54 Å². The van der Waals surface area contributed by atoms with Gasteiger partial charge in [-0.15, -0.1) is 0 Å². The van der Waals surface area contributed by atoms with Gasteiger partial charge in [0.15, 0.2) is 0 Å². The molecule has 0 aliphatic heterocycles. The maximum absolute atomic E-state index is 11.0. The highest BCUT2D eigenvalue weighted by molar-refractivity contribution is 7.49. The lowest BCUT2D eigenvalue weighted by molar-refractivity contribution is 0.356. The normalized spacial score (nSPS) is 14.1. The van der Waals surface area contributed by atoms with Crippen molar-refractivity contribution in [3.63, 3.8) is 0 Å². The third-order valence-corrected chi connectivity index (χ3v) is 7.48. The maximum Gasteiger partial charge on any atom is 0.400 e. The number of fused-ring (bicyclic) bond motifs is 1. The van der Waals surface area contributed by atoms with Crippen molar-refractivity contribution in [2.24, 2.45) is 0 Å². The van der Waals surface area contributed by atoms with E-state index in [0.717, 1.165) is 58.9 Å². The molecule has 12 heteroatoms. The van der Waals surface area contributed by atoms with Crippen molar-refractivity contribution in [3.8, 4) is 28.3 Å². The summed E-state index contributed by atoms with van der Waals surface area (Å²) in [6.45, 7) is 0.868. The van der Waals surface area contributed by atoms with E-state index in [9.17, 15) is 4.57 Å². The van der Waals surface area contributed by atoms with Gasteiger partial charge in [0.05, 0.1) is 23.9 Å². The first-order chi connectivity index (χ1) is 18.9. The summed E-state index contributed by atoms with van der Waals surface area (Å²) >= 11 is 0. The van der Waals surface area contributed by atoms with Crippen LogP contribution in [0.1, 0.15) is 38.5 Å². The van der Waals surface area contributed by atoms with Crippen molar-refractivity contribution in [2.75, 3.05) is 30.8 Å². The van der Waals surface area contributed by atoms with Crippen LogP contribution in [0, 0.1) is 0 Å². The molecular weight excluding hydrogens is 517 g/mol. The summed E-state index contributed by atoms with van der Waals surface area (Å²) in [4.78, 5) is 27.3. The molecule has 3 heterocycles. The Morgan fingerprint density at radius 2 is 1.82 bits per heavy atom. The van der Waals surface area contributed by atoms with Crippen LogP contribution in [-0.4, -0.2) is 55.6 Å². The van der Waals surface area contributed by atoms with E-state index in [1.807, 2.05) is 53.0 Å². The first kappa shape index (κ1) is 27.1. The van der Waals surface area contributed by atoms with E-state index in [1.165, 1.54) is 12.8 Å². The molecule has 1 fully saturated rings. The first-order valence-electron chi connectivity index (χ1n) is 13.2. The molecule has 5 rings (SSSR count). The third-order valence-electron chi connectivity index (χ3n) is 6.85. The van der Waals surface area contributed by atoms with Crippen LogP contribution in [-0.2, 0) is 4.57 Å². The van der Waals surface area contributed by atoms with Gasteiger partial charge < -0.3 is 25.2 Å². The molecular formula is C27H34N7O4P. The van der Waals surface area contributed by atoms with Crippen molar-refractivity contribution in [1.29, 1.82) is 0 Å². The lowest BCUT2D eigenvalue weighted by atomic mass is 10.0. The zero-order valence-electron chi connectivity index (χ0n) is 21.9. The Morgan fingerprint density at radius 1 is 1.05 bits per heavy atom. The van der Waals surface area contributed by atoms with Crippen molar-refractivity contribution in [1.82, 2.24) is 24.7 Å². The Labute approximate surface area is 227 Å². The van der Waals surface area contributed by atoms with Crippen molar-refractivity contribution >= 4 is 25.0 Å². The summed E-state index contributed by atoms with van der Waals surface area (Å²) in [5.41, 5.74) is 4.33. The second kappa shape index (κ2) is 12.1. The average Bonchev–Trinajstić information content (AvgIpc) is 3.58. The maximum atomic E-state index is 11.0. The van der Waals surface area contributed by atoms with Gasteiger partial charge in [-0.25, -0.2) is 24.1 Å². The van der Waals surface area contributed by atoms with E-state index in [4.69, 9.17) is 24.6 Å². The van der Waals surface area contributed by atoms with E-state index < -0.39 is 7.75 Å². The zero-order valence-corrected chi connectivity index (χ0v) is 22.8. The molecule has 0 bridgehead atoms. The predicted octanol–water partition coefficient (Wildman–Crippen LogP) is 4.70. The molecule has 1 aliphatic rings. The summed E-state index contributed by atoms with van der Waals surface area (Å²) in [5.74, 6) is 2.21. The van der Waals surface area contributed by atoms with Crippen LogP contribution in [0.2, 0.25) is 0 Å². The zero-order chi connectivity index (χ0) is 27.2. The van der Waals surface area contributed by atoms with Crippen LogP contribution in [0.25, 0.3) is 28.0 Å². The fourth-order valence-electron chi connectivity index (χ4n) is 4.92. The highest BCUT2D eigenvalue weighted by Crippen LogP contribution is 2.36. The summed E-state index contributed by atoms with van der Waals surface area (Å²) in [6.07, 6.45) is 7.84. The molecule has 3 aromatic heterocycles. The van der Waals surface area contributed by atoms with E-state index in [0.29, 0.717) is 25.0 Å². The van der Waals surface area contributed by atoms with Gasteiger partial charge >= 0.3 is 7.75 Å². The summed E-state index contributed by atoms with van der Waals surface area (Å²) in [6, 6.07) is 16.1. The number of nitrogens with one attached hydrogen (secondary N) is 3. The number of hydrogen-bond acceptors (Lipinski definition) is 7. The molecule has 206 valence electrons. The Morgan fingerprint density at radius 3 is 2.56 bits per heavy atom. The molecule has 0 spiro atoms. The van der Waals surface area contributed by atoms with Gasteiger partial charge in [0, 0.05) is 30.9 Å². The van der Waals surface area contributed by atoms with Gasteiger partial charge in [-0.3, -0.25) is 0 Å². The van der Waals surface area contributed by atoms with Crippen molar-refractivity contribution < 1.29 is 19.1 Å². The third kappa shape index (κ3) is 6.75. The molecule has 0 radical (unpaired) electrons. The lowest BCUT2D eigenvalue weighted by Crippen LogP contribution is -2.16. The molecule has 1 saturated carbocycles. The first-order valence-corrected chi connectivity index (χ1v) is 14.8. The molecule has 1 aliphatic carbocycles. The standard InChI is InChI=1S/C27H34N7O4P/c1-38-21-13-11-19(12-14-21)26-25(22-15-18-29-27(32-22)31-20-7-2-3-8-20)23-9-6-10-24(34(23)33-26)28-16-4-5-17-30-39(35,36)37/h6,9-15,18,20,28H,2-5,7-8,16-17H2,1H3,(H,29,31,32)(H3,30,35,36,37). The minimum absolute atomic E-state index is 0.245. The predicted molar refractivity (Wildman–Crippen MR) is 152 cm³/mol. The molecule has 0 unspecified atom stereocenters. The van der Waals surface area contributed by atoms with E-state index in [1.54, 1.807) is 13.3 Å². The van der Waals surface area contributed by atoms with Gasteiger partial charge in [0.25, 0.3) is 0 Å². The molecule has 0 atom stereocenters. The average molecular weight is 552 g/mol. The lowest BCUT2D eigenvalue weighted by Gasteiger charge is -2.12. The smallest absolute Gasteiger partial charge is 0.400 e. The Hall–Kier alpha value is -3.50. The fraction of sp³-hybridized carbons (Fsp3) is 0.370. The monoisotopic (exact) mass is 551 g/mol. The number of rotatable bonds is 12. The van der Waals surface area contributed by atoms with Crippen LogP contribution in [0.15, 0.2) is 54.7 Å². The number of unbranched alkanes of at least 4 members (excludes halogenated alkanes) is 1. The van der Waals surface area contributed by atoms with Crippen molar-refractivity contribution in [3.05, 3.63) is 54.7 Å². The highest BCUT2D eigenvalue weighted by Gasteiger charge is 2.21. The summed E-state index contributed by atoms with van der Waals surface area (Å²) in [5, 5.41) is 14.2. The number of hydrogen-bond donors (Lipinski definition) is 5. The Bertz CT molecular complexity index is 1450. The fourth-order valence-corrected chi connectivity index (χ4v) is 5.37. The minimum atomic E-state index is -4.19. The Kier molecular flexibility index (Phi) is 8.42. The SMILES string of the molecule is COc1ccc(-c2nn3c(NCCCCNP(=O)(O)O)cccc3c2-c2ccnc(NC3CCCC3)n2)cc1. The number of ether oxygens (including phenoxy) is 1. The molecule has 11 nitrogen and oxygen atoms in total. The van der Waals surface area contributed by atoms with Gasteiger partial charge in [-0.1, -0.05) is 18.9 Å². The second-order valence-electron chi connectivity index (χ2n) is 9.64. The van der Waals surface area contributed by atoms with Crippen molar-refractivity contribution in [2.45, 2.75) is 44.6 Å². The number of benzene rings is 1.